The maximum absolute atomic E-state index is 5.44. The van der Waals surface area contributed by atoms with Crippen LogP contribution in [-0.4, -0.2) is 20.0 Å². The zero-order valence-corrected chi connectivity index (χ0v) is 13.2. The number of unbranched alkanes of at least 4 members (excludes halogenated alkanes) is 7. The Labute approximate surface area is 120 Å². The number of hydrogen-bond donors (Lipinski definition) is 0. The lowest BCUT2D eigenvalue weighted by atomic mass is 10.1. The fraction of sp³-hybridized carbons (Fsp3) is 0.882. The molecule has 0 aromatic carbocycles. The van der Waals surface area contributed by atoms with Crippen molar-refractivity contribution in [1.82, 2.24) is 0 Å². The van der Waals surface area contributed by atoms with Crippen LogP contribution in [0.1, 0.15) is 78.1 Å². The second kappa shape index (κ2) is 17.7. The zero-order valence-electron chi connectivity index (χ0n) is 13.2. The van der Waals surface area contributed by atoms with Gasteiger partial charge in [-0.05, 0) is 19.3 Å². The Hall–Kier alpha value is -0.340. The highest BCUT2D eigenvalue weighted by molar-refractivity contribution is 4.79. The van der Waals surface area contributed by atoms with E-state index < -0.39 is 0 Å². The van der Waals surface area contributed by atoms with E-state index in [1.165, 1.54) is 51.4 Å². The Balaban J connectivity index is 2.93. The number of rotatable bonds is 15. The van der Waals surface area contributed by atoms with Gasteiger partial charge >= 0.3 is 0 Å². The molecule has 19 heavy (non-hydrogen) atoms. The van der Waals surface area contributed by atoms with E-state index in [9.17, 15) is 0 Å². The minimum absolute atomic E-state index is 0.455. The molecule has 0 bridgehead atoms. The smallest absolute Gasteiger partial charge is 0.146 e. The molecule has 0 aliphatic heterocycles. The molecule has 0 heterocycles. The molecule has 0 fully saturated rings. The molecule has 0 radical (unpaired) electrons. The van der Waals surface area contributed by atoms with E-state index in [1.54, 1.807) is 0 Å². The van der Waals surface area contributed by atoms with Crippen molar-refractivity contribution in [3.63, 3.8) is 0 Å². The van der Waals surface area contributed by atoms with Crippen LogP contribution in [-0.2, 0) is 9.47 Å². The second-order valence-corrected chi connectivity index (χ2v) is 5.08. The van der Waals surface area contributed by atoms with Crippen LogP contribution in [0.25, 0.3) is 0 Å². The second-order valence-electron chi connectivity index (χ2n) is 5.08. The third kappa shape index (κ3) is 17.7. The van der Waals surface area contributed by atoms with Crippen LogP contribution >= 0.6 is 0 Å². The van der Waals surface area contributed by atoms with Gasteiger partial charge in [-0.3, -0.25) is 0 Å². The fourth-order valence-corrected chi connectivity index (χ4v) is 1.95. The van der Waals surface area contributed by atoms with Crippen LogP contribution in [0, 0.1) is 0 Å². The van der Waals surface area contributed by atoms with Crippen molar-refractivity contribution in [2.24, 2.45) is 0 Å². The lowest BCUT2D eigenvalue weighted by Gasteiger charge is -2.05. The molecule has 0 atom stereocenters. The number of hydrogen-bond acceptors (Lipinski definition) is 2. The van der Waals surface area contributed by atoms with Crippen molar-refractivity contribution in [3.05, 3.63) is 12.2 Å². The van der Waals surface area contributed by atoms with Crippen LogP contribution in [0.3, 0.4) is 0 Å². The van der Waals surface area contributed by atoms with Gasteiger partial charge < -0.3 is 9.47 Å². The summed E-state index contributed by atoms with van der Waals surface area (Å²) in [7, 11) is 0. The summed E-state index contributed by atoms with van der Waals surface area (Å²) >= 11 is 0. The minimum atomic E-state index is 0.455. The van der Waals surface area contributed by atoms with Gasteiger partial charge in [-0.25, -0.2) is 0 Å². The van der Waals surface area contributed by atoms with Crippen LogP contribution in [0.4, 0.5) is 0 Å². The Bertz CT molecular complexity index is 178. The van der Waals surface area contributed by atoms with E-state index in [1.807, 2.05) is 0 Å². The molecule has 0 aliphatic rings. The summed E-state index contributed by atoms with van der Waals surface area (Å²) in [6, 6.07) is 0. The molecule has 2 heteroatoms. The molecule has 0 spiro atoms. The van der Waals surface area contributed by atoms with Gasteiger partial charge in [-0.2, -0.15) is 0 Å². The monoisotopic (exact) mass is 270 g/mol. The summed E-state index contributed by atoms with van der Waals surface area (Å²) in [5, 5.41) is 0. The molecule has 0 aliphatic carbocycles. The summed E-state index contributed by atoms with van der Waals surface area (Å²) in [6.07, 6.45) is 17.2. The topological polar surface area (TPSA) is 18.5 Å². The predicted octanol–water partition coefficient (Wildman–Crippen LogP) is 5.47. The van der Waals surface area contributed by atoms with Crippen molar-refractivity contribution < 1.29 is 9.47 Å². The van der Waals surface area contributed by atoms with Crippen molar-refractivity contribution in [2.45, 2.75) is 78.1 Å². The Kier molecular flexibility index (Phi) is 17.3. The van der Waals surface area contributed by atoms with E-state index in [4.69, 9.17) is 9.47 Å². The van der Waals surface area contributed by atoms with Gasteiger partial charge in [0.25, 0.3) is 0 Å². The standard InChI is InChI=1S/C17H34O2/c1-3-5-7-9-10-11-12-14-16-19-17-18-15-13-8-6-4-2/h6,8H,3-5,7,9-17H2,1-2H3/b8-6-. The first kappa shape index (κ1) is 18.7. The summed E-state index contributed by atoms with van der Waals surface area (Å²) < 4.78 is 10.8. The first-order valence-electron chi connectivity index (χ1n) is 8.22. The Morgan fingerprint density at radius 1 is 0.684 bits per heavy atom. The van der Waals surface area contributed by atoms with E-state index in [2.05, 4.69) is 26.0 Å². The summed E-state index contributed by atoms with van der Waals surface area (Å²) in [6.45, 7) is 6.48. The van der Waals surface area contributed by atoms with E-state index in [0.717, 1.165) is 26.1 Å². The third-order valence-corrected chi connectivity index (χ3v) is 3.14. The molecule has 0 saturated heterocycles. The molecule has 0 aromatic rings. The molecule has 0 rings (SSSR count). The number of ether oxygens (including phenoxy) is 2. The maximum atomic E-state index is 5.44. The lowest BCUT2D eigenvalue weighted by molar-refractivity contribution is -0.0531. The average Bonchev–Trinajstić information content (AvgIpc) is 2.43. The first-order valence-corrected chi connectivity index (χ1v) is 8.22. The average molecular weight is 270 g/mol. The SMILES string of the molecule is CC/C=C\CCOCOCCCCCCCCCC. The number of allylic oxidation sites excluding steroid dienone is 1. The predicted molar refractivity (Wildman–Crippen MR) is 83.4 cm³/mol. The maximum Gasteiger partial charge on any atom is 0.146 e. The van der Waals surface area contributed by atoms with Crippen molar-refractivity contribution in [1.29, 1.82) is 0 Å². The van der Waals surface area contributed by atoms with Gasteiger partial charge in [0.05, 0.1) is 6.61 Å². The van der Waals surface area contributed by atoms with Gasteiger partial charge in [0.2, 0.25) is 0 Å². The Morgan fingerprint density at radius 3 is 2.00 bits per heavy atom. The molecule has 114 valence electrons. The van der Waals surface area contributed by atoms with Gasteiger partial charge in [0.1, 0.15) is 6.79 Å². The molecule has 2 nitrogen and oxygen atoms in total. The summed E-state index contributed by atoms with van der Waals surface area (Å²) in [5.74, 6) is 0. The van der Waals surface area contributed by atoms with Gasteiger partial charge in [-0.15, -0.1) is 0 Å². The van der Waals surface area contributed by atoms with E-state index >= 15 is 0 Å². The van der Waals surface area contributed by atoms with Crippen LogP contribution in [0.5, 0.6) is 0 Å². The molecule has 0 aromatic heterocycles. The first-order chi connectivity index (χ1) is 9.41. The third-order valence-electron chi connectivity index (χ3n) is 3.14. The molecule has 0 saturated carbocycles. The molecular formula is C17H34O2. The highest BCUT2D eigenvalue weighted by atomic mass is 16.7. The summed E-state index contributed by atoms with van der Waals surface area (Å²) in [4.78, 5) is 0. The zero-order chi connectivity index (χ0) is 14.0. The molecular weight excluding hydrogens is 236 g/mol. The van der Waals surface area contributed by atoms with Gasteiger partial charge in [0, 0.05) is 6.61 Å². The normalized spacial score (nSPS) is 11.5. The molecule has 0 unspecified atom stereocenters. The lowest BCUT2D eigenvalue weighted by Crippen LogP contribution is -2.02. The van der Waals surface area contributed by atoms with Gasteiger partial charge in [-0.1, -0.05) is 70.9 Å². The van der Waals surface area contributed by atoms with Gasteiger partial charge in [0.15, 0.2) is 0 Å². The van der Waals surface area contributed by atoms with Crippen LogP contribution in [0.15, 0.2) is 12.2 Å². The van der Waals surface area contributed by atoms with Crippen LogP contribution < -0.4 is 0 Å². The minimum Gasteiger partial charge on any atom is -0.355 e. The quantitative estimate of drug-likeness (QED) is 0.223. The van der Waals surface area contributed by atoms with E-state index in [-0.39, 0.29) is 0 Å². The molecule has 0 amide bonds. The van der Waals surface area contributed by atoms with Crippen molar-refractivity contribution >= 4 is 0 Å². The Morgan fingerprint density at radius 2 is 1.32 bits per heavy atom. The van der Waals surface area contributed by atoms with E-state index in [0.29, 0.717) is 6.79 Å². The molecule has 0 N–H and O–H groups in total. The van der Waals surface area contributed by atoms with Crippen molar-refractivity contribution in [2.75, 3.05) is 20.0 Å². The highest BCUT2D eigenvalue weighted by Crippen LogP contribution is 2.08. The fourth-order valence-electron chi connectivity index (χ4n) is 1.95. The highest BCUT2D eigenvalue weighted by Gasteiger charge is 1.92. The largest absolute Gasteiger partial charge is 0.355 e. The summed E-state index contributed by atoms with van der Waals surface area (Å²) in [5.41, 5.74) is 0. The van der Waals surface area contributed by atoms with Crippen LogP contribution in [0.2, 0.25) is 0 Å². The van der Waals surface area contributed by atoms with Crippen molar-refractivity contribution in [3.8, 4) is 0 Å².